The van der Waals surface area contributed by atoms with Gasteiger partial charge in [-0.05, 0) is 6.92 Å². The highest BCUT2D eigenvalue weighted by atomic mass is 19.4. The normalized spacial score (nSPS) is 11.5. The van der Waals surface area contributed by atoms with Crippen LogP contribution >= 0.6 is 0 Å². The van der Waals surface area contributed by atoms with Crippen molar-refractivity contribution < 1.29 is 13.2 Å². The predicted molar refractivity (Wildman–Crippen MR) is 63.3 cm³/mol. The SMILES string of the molecule is CCc1nc(NN)c(C)c(N(C)CC(F)(F)F)n1. The van der Waals surface area contributed by atoms with Gasteiger partial charge < -0.3 is 10.3 Å². The lowest BCUT2D eigenvalue weighted by molar-refractivity contribution is -0.119. The molecule has 1 aromatic rings. The minimum absolute atomic E-state index is 0.229. The molecule has 5 nitrogen and oxygen atoms in total. The van der Waals surface area contributed by atoms with Gasteiger partial charge in [0, 0.05) is 19.0 Å². The highest BCUT2D eigenvalue weighted by Gasteiger charge is 2.30. The number of rotatable bonds is 4. The van der Waals surface area contributed by atoms with Gasteiger partial charge >= 0.3 is 6.18 Å². The average molecular weight is 263 g/mol. The Balaban J connectivity index is 3.14. The van der Waals surface area contributed by atoms with Gasteiger partial charge in [0.2, 0.25) is 0 Å². The van der Waals surface area contributed by atoms with E-state index < -0.39 is 12.7 Å². The molecular formula is C10H16F3N5. The lowest BCUT2D eigenvalue weighted by atomic mass is 10.2. The lowest BCUT2D eigenvalue weighted by Crippen LogP contribution is -2.32. The lowest BCUT2D eigenvalue weighted by Gasteiger charge is -2.23. The molecule has 8 heteroatoms. The second kappa shape index (κ2) is 5.38. The molecule has 0 aliphatic heterocycles. The topological polar surface area (TPSA) is 67.1 Å². The van der Waals surface area contributed by atoms with Gasteiger partial charge in [0.15, 0.2) is 0 Å². The van der Waals surface area contributed by atoms with Crippen molar-refractivity contribution >= 4 is 11.6 Å². The van der Waals surface area contributed by atoms with Gasteiger partial charge in [-0.1, -0.05) is 6.92 Å². The van der Waals surface area contributed by atoms with Crippen LogP contribution in [0.25, 0.3) is 0 Å². The number of alkyl halides is 3. The molecule has 3 N–H and O–H groups in total. The van der Waals surface area contributed by atoms with Crippen LogP contribution < -0.4 is 16.2 Å². The van der Waals surface area contributed by atoms with Crippen molar-refractivity contribution in [2.45, 2.75) is 26.4 Å². The average Bonchev–Trinajstić information content (AvgIpc) is 2.27. The Morgan fingerprint density at radius 2 is 1.94 bits per heavy atom. The van der Waals surface area contributed by atoms with Crippen molar-refractivity contribution in [2.24, 2.45) is 5.84 Å². The van der Waals surface area contributed by atoms with E-state index in [1.165, 1.54) is 7.05 Å². The summed E-state index contributed by atoms with van der Waals surface area (Å²) >= 11 is 0. The molecule has 0 radical (unpaired) electrons. The van der Waals surface area contributed by atoms with Crippen LogP contribution in [0.1, 0.15) is 18.3 Å². The van der Waals surface area contributed by atoms with Crippen molar-refractivity contribution in [1.29, 1.82) is 0 Å². The summed E-state index contributed by atoms with van der Waals surface area (Å²) in [5, 5.41) is 0. The fraction of sp³-hybridized carbons (Fsp3) is 0.600. The Morgan fingerprint density at radius 1 is 1.33 bits per heavy atom. The van der Waals surface area contributed by atoms with Crippen LogP contribution in [-0.2, 0) is 6.42 Å². The predicted octanol–water partition coefficient (Wildman–Crippen LogP) is 1.63. The summed E-state index contributed by atoms with van der Waals surface area (Å²) in [5.41, 5.74) is 2.86. The number of aryl methyl sites for hydroxylation is 1. The molecule has 0 bridgehead atoms. The first-order valence-corrected chi connectivity index (χ1v) is 5.40. The van der Waals surface area contributed by atoms with Gasteiger partial charge in [0.1, 0.15) is 24.0 Å². The van der Waals surface area contributed by atoms with E-state index >= 15 is 0 Å². The molecule has 0 amide bonds. The summed E-state index contributed by atoms with van der Waals surface area (Å²) in [6.07, 6.45) is -3.77. The van der Waals surface area contributed by atoms with E-state index in [9.17, 15) is 13.2 Å². The van der Waals surface area contributed by atoms with Gasteiger partial charge in [-0.25, -0.2) is 15.8 Å². The molecule has 0 fully saturated rings. The first kappa shape index (κ1) is 14.5. The monoisotopic (exact) mass is 263 g/mol. The zero-order valence-corrected chi connectivity index (χ0v) is 10.5. The quantitative estimate of drug-likeness (QED) is 0.638. The Kier molecular flexibility index (Phi) is 4.33. The zero-order valence-electron chi connectivity index (χ0n) is 10.5. The van der Waals surface area contributed by atoms with Crippen molar-refractivity contribution in [3.63, 3.8) is 0 Å². The number of aromatic nitrogens is 2. The van der Waals surface area contributed by atoms with Crippen molar-refractivity contribution in [1.82, 2.24) is 9.97 Å². The number of nitrogens with two attached hydrogens (primary N) is 1. The van der Waals surface area contributed by atoms with Crippen LogP contribution in [0, 0.1) is 6.92 Å². The van der Waals surface area contributed by atoms with E-state index in [1.807, 2.05) is 6.92 Å². The van der Waals surface area contributed by atoms with Gasteiger partial charge in [0.05, 0.1) is 0 Å². The third kappa shape index (κ3) is 3.46. The molecule has 0 saturated carbocycles. The molecule has 0 aliphatic rings. The van der Waals surface area contributed by atoms with E-state index in [0.717, 1.165) is 4.90 Å². The Labute approximate surface area is 103 Å². The minimum Gasteiger partial charge on any atom is -0.350 e. The van der Waals surface area contributed by atoms with Gasteiger partial charge in [0.25, 0.3) is 0 Å². The number of hydrogen-bond acceptors (Lipinski definition) is 5. The Morgan fingerprint density at radius 3 is 2.39 bits per heavy atom. The molecule has 0 atom stereocenters. The third-order valence-corrected chi connectivity index (χ3v) is 2.40. The molecule has 0 unspecified atom stereocenters. The van der Waals surface area contributed by atoms with Gasteiger partial charge in [-0.2, -0.15) is 13.2 Å². The standard InChI is InChI=1S/C10H16F3N5/c1-4-7-15-8(17-14)6(2)9(16-7)18(3)5-10(11,12)13/h4-5,14H2,1-3H3,(H,15,16,17). The number of nitrogens with one attached hydrogen (secondary N) is 1. The van der Waals surface area contributed by atoms with Gasteiger partial charge in [-0.15, -0.1) is 0 Å². The summed E-state index contributed by atoms with van der Waals surface area (Å²) in [7, 11) is 1.34. The van der Waals surface area contributed by atoms with Crippen LogP contribution in [0.3, 0.4) is 0 Å². The first-order chi connectivity index (χ1) is 8.28. The number of hydrazine groups is 1. The highest BCUT2D eigenvalue weighted by molar-refractivity contribution is 5.57. The zero-order chi connectivity index (χ0) is 13.9. The van der Waals surface area contributed by atoms with Crippen LogP contribution in [-0.4, -0.2) is 29.7 Å². The molecule has 1 rings (SSSR count). The molecular weight excluding hydrogens is 247 g/mol. The largest absolute Gasteiger partial charge is 0.405 e. The number of anilines is 2. The first-order valence-electron chi connectivity index (χ1n) is 5.40. The highest BCUT2D eigenvalue weighted by Crippen LogP contribution is 2.25. The van der Waals surface area contributed by atoms with E-state index in [0.29, 0.717) is 23.6 Å². The number of nitrogens with zero attached hydrogens (tertiary/aromatic N) is 3. The molecule has 0 saturated heterocycles. The van der Waals surface area contributed by atoms with Crippen molar-refractivity contribution in [3.05, 3.63) is 11.4 Å². The van der Waals surface area contributed by atoms with Crippen LogP contribution in [0.5, 0.6) is 0 Å². The van der Waals surface area contributed by atoms with E-state index in [1.54, 1.807) is 6.92 Å². The summed E-state index contributed by atoms with van der Waals surface area (Å²) < 4.78 is 37.1. The summed E-state index contributed by atoms with van der Waals surface area (Å²) in [6.45, 7) is 2.37. The minimum atomic E-state index is -4.28. The van der Waals surface area contributed by atoms with Crippen LogP contribution in [0.15, 0.2) is 0 Å². The summed E-state index contributed by atoms with van der Waals surface area (Å²) in [4.78, 5) is 9.24. The fourth-order valence-corrected chi connectivity index (χ4v) is 1.56. The second-order valence-electron chi connectivity index (χ2n) is 3.91. The van der Waals surface area contributed by atoms with Crippen LogP contribution in [0.4, 0.5) is 24.8 Å². The maximum absolute atomic E-state index is 12.4. The molecule has 18 heavy (non-hydrogen) atoms. The summed E-state index contributed by atoms with van der Waals surface area (Å²) in [6, 6.07) is 0. The number of halogens is 3. The van der Waals surface area contributed by atoms with Gasteiger partial charge in [-0.3, -0.25) is 0 Å². The maximum Gasteiger partial charge on any atom is 0.405 e. The maximum atomic E-state index is 12.4. The molecule has 0 aliphatic carbocycles. The van der Waals surface area contributed by atoms with E-state index in [4.69, 9.17) is 5.84 Å². The van der Waals surface area contributed by atoms with E-state index in [-0.39, 0.29) is 5.82 Å². The summed E-state index contributed by atoms with van der Waals surface area (Å²) in [5.74, 6) is 6.30. The smallest absolute Gasteiger partial charge is 0.350 e. The Bertz CT molecular complexity index is 419. The van der Waals surface area contributed by atoms with E-state index in [2.05, 4.69) is 15.4 Å². The molecule has 0 spiro atoms. The molecule has 1 heterocycles. The fourth-order valence-electron chi connectivity index (χ4n) is 1.56. The van der Waals surface area contributed by atoms with Crippen molar-refractivity contribution in [3.8, 4) is 0 Å². The Hall–Kier alpha value is -1.57. The molecule has 102 valence electrons. The third-order valence-electron chi connectivity index (χ3n) is 2.40. The second-order valence-corrected chi connectivity index (χ2v) is 3.91. The molecule has 0 aromatic carbocycles. The van der Waals surface area contributed by atoms with Crippen LogP contribution in [0.2, 0.25) is 0 Å². The number of hydrogen-bond donors (Lipinski definition) is 2. The number of nitrogen functional groups attached to an aromatic ring is 1. The van der Waals surface area contributed by atoms with Crippen molar-refractivity contribution in [2.75, 3.05) is 23.9 Å². The molecule has 1 aromatic heterocycles.